The number of unbranched alkanes of at least 4 members (excludes halogenated alkanes) is 1. The van der Waals surface area contributed by atoms with Gasteiger partial charge in [-0.1, -0.05) is 25.5 Å². The molecule has 2 aromatic heterocycles. The normalized spacial score (nSPS) is 19.5. The number of hydrogen-bond donors (Lipinski definition) is 4. The van der Waals surface area contributed by atoms with Crippen molar-refractivity contribution in [3.8, 4) is 11.3 Å². The molecule has 4 N–H and O–H groups in total. The van der Waals surface area contributed by atoms with Gasteiger partial charge >= 0.3 is 0 Å². The lowest BCUT2D eigenvalue weighted by Gasteiger charge is -2.26. The second-order valence-corrected chi connectivity index (χ2v) is 13.6. The van der Waals surface area contributed by atoms with Gasteiger partial charge in [-0.05, 0) is 57.2 Å². The Morgan fingerprint density at radius 3 is 2.53 bits per heavy atom. The number of amides is 1. The number of fused-ring (bicyclic) bond motifs is 1. The number of carbonyl (C=O) groups is 1. The first-order chi connectivity index (χ1) is 21.8. The lowest BCUT2D eigenvalue weighted by atomic mass is 9.93. The van der Waals surface area contributed by atoms with Crippen molar-refractivity contribution in [1.82, 2.24) is 34.7 Å². The molecule has 3 heterocycles. The van der Waals surface area contributed by atoms with Crippen molar-refractivity contribution in [3.63, 3.8) is 0 Å². The van der Waals surface area contributed by atoms with E-state index in [9.17, 15) is 18.3 Å². The van der Waals surface area contributed by atoms with Gasteiger partial charge in [-0.25, -0.2) is 22.8 Å². The zero-order chi connectivity index (χ0) is 31.6. The van der Waals surface area contributed by atoms with Gasteiger partial charge in [0, 0.05) is 50.9 Å². The van der Waals surface area contributed by atoms with Gasteiger partial charge in [0.05, 0.1) is 35.6 Å². The van der Waals surface area contributed by atoms with Gasteiger partial charge in [-0.15, -0.1) is 0 Å². The van der Waals surface area contributed by atoms with Crippen LogP contribution in [0.4, 0.5) is 5.95 Å². The van der Waals surface area contributed by atoms with Crippen LogP contribution in [0.25, 0.3) is 22.3 Å². The molecule has 0 spiro atoms. The minimum absolute atomic E-state index is 0.0104. The molecular weight excluding hydrogens is 596 g/mol. The zero-order valence-corrected chi connectivity index (χ0v) is 26.9. The first-order valence-electron chi connectivity index (χ1n) is 16.2. The van der Waals surface area contributed by atoms with Crippen LogP contribution in [0.5, 0.6) is 0 Å². The molecule has 2 fully saturated rings. The number of sulfonamides is 1. The second-order valence-electron chi connectivity index (χ2n) is 11.8. The van der Waals surface area contributed by atoms with Crippen LogP contribution >= 0.6 is 0 Å². The third-order valence-electron chi connectivity index (χ3n) is 8.43. The third-order valence-corrected chi connectivity index (χ3v) is 9.91. The first kappa shape index (κ1) is 33.2. The Labute approximate surface area is 265 Å². The topological polar surface area (TPSA) is 164 Å². The molecule has 246 valence electrons. The lowest BCUT2D eigenvalue weighted by molar-refractivity contribution is -0.120. The molecule has 1 saturated carbocycles. The van der Waals surface area contributed by atoms with Gasteiger partial charge < -0.3 is 20.5 Å². The molecule has 0 atom stereocenters. The summed E-state index contributed by atoms with van der Waals surface area (Å²) in [7, 11) is -3.80. The molecule has 1 aliphatic carbocycles. The molecule has 45 heavy (non-hydrogen) atoms. The highest BCUT2D eigenvalue weighted by atomic mass is 32.2. The van der Waals surface area contributed by atoms with Crippen LogP contribution in [0.1, 0.15) is 64.3 Å². The zero-order valence-electron chi connectivity index (χ0n) is 26.1. The number of carbonyl (C=O) groups excluding carboxylic acids is 1. The second kappa shape index (κ2) is 15.9. The van der Waals surface area contributed by atoms with Crippen molar-refractivity contribution in [1.29, 1.82) is 0 Å². The van der Waals surface area contributed by atoms with E-state index in [0.29, 0.717) is 31.0 Å². The van der Waals surface area contributed by atoms with Gasteiger partial charge in [-0.2, -0.15) is 10.1 Å². The van der Waals surface area contributed by atoms with E-state index in [1.165, 1.54) is 0 Å². The minimum atomic E-state index is -3.80. The van der Waals surface area contributed by atoms with E-state index in [0.717, 1.165) is 88.1 Å². The highest BCUT2D eigenvalue weighted by molar-refractivity contribution is 7.89. The Morgan fingerprint density at radius 1 is 1.04 bits per heavy atom. The van der Waals surface area contributed by atoms with Crippen LogP contribution in [-0.4, -0.2) is 103 Å². The lowest BCUT2D eigenvalue weighted by Crippen LogP contribution is -2.38. The highest BCUT2D eigenvalue weighted by Crippen LogP contribution is 2.34. The Balaban J connectivity index is 1.21. The summed E-state index contributed by atoms with van der Waals surface area (Å²) in [6, 6.07) is 6.67. The van der Waals surface area contributed by atoms with E-state index in [2.05, 4.69) is 32.2 Å². The number of ether oxygens (including phenoxy) is 1. The molecule has 14 heteroatoms. The number of nitrogens with one attached hydrogen (secondary N) is 3. The fourth-order valence-corrected chi connectivity index (χ4v) is 6.81. The molecular formula is C31H46N8O5S. The van der Waals surface area contributed by atoms with Crippen LogP contribution < -0.4 is 15.4 Å². The molecule has 0 radical (unpaired) electrons. The Bertz CT molecular complexity index is 1500. The maximum atomic E-state index is 13.0. The first-order valence-corrected chi connectivity index (χ1v) is 17.7. The monoisotopic (exact) mass is 642 g/mol. The van der Waals surface area contributed by atoms with E-state index in [1.807, 2.05) is 4.68 Å². The fraction of sp³-hybridized carbons (Fsp3) is 0.613. The van der Waals surface area contributed by atoms with Crippen molar-refractivity contribution in [2.24, 2.45) is 0 Å². The Morgan fingerprint density at radius 2 is 1.80 bits per heavy atom. The van der Waals surface area contributed by atoms with Gasteiger partial charge in [0.25, 0.3) is 0 Å². The molecule has 0 bridgehead atoms. The number of rotatable bonds is 15. The highest BCUT2D eigenvalue weighted by Gasteiger charge is 2.26. The summed E-state index contributed by atoms with van der Waals surface area (Å²) in [5.74, 6) is 0.365. The Kier molecular flexibility index (Phi) is 11.7. The Hall–Kier alpha value is -3.17. The van der Waals surface area contributed by atoms with E-state index < -0.39 is 10.0 Å². The molecule has 1 aliphatic heterocycles. The van der Waals surface area contributed by atoms with E-state index in [1.54, 1.807) is 30.5 Å². The molecule has 1 aromatic carbocycles. The number of aliphatic hydroxyl groups is 1. The van der Waals surface area contributed by atoms with E-state index in [4.69, 9.17) is 14.8 Å². The summed E-state index contributed by atoms with van der Waals surface area (Å²) in [4.78, 5) is 24.0. The third kappa shape index (κ3) is 8.97. The molecule has 2 aliphatic rings. The van der Waals surface area contributed by atoms with Gasteiger partial charge in [0.15, 0.2) is 5.65 Å². The number of nitrogens with zero attached hydrogens (tertiary/aromatic N) is 5. The number of benzene rings is 1. The smallest absolute Gasteiger partial charge is 0.240 e. The van der Waals surface area contributed by atoms with Crippen molar-refractivity contribution < 1.29 is 23.1 Å². The molecule has 0 unspecified atom stereocenters. The predicted molar refractivity (Wildman–Crippen MR) is 172 cm³/mol. The SMILES string of the molecule is CCCCNc1ncc2c(-c3ccc(S(=O)(=O)NCCC(=O)NCCCN4CCOCC4)cc3)nn(C3CCC(O)CC3)c2n1. The maximum absolute atomic E-state index is 13.0. The van der Waals surface area contributed by atoms with Gasteiger partial charge in [-0.3, -0.25) is 9.69 Å². The molecule has 1 saturated heterocycles. The van der Waals surface area contributed by atoms with Crippen molar-refractivity contribution in [2.45, 2.75) is 75.3 Å². The maximum Gasteiger partial charge on any atom is 0.240 e. The number of aromatic nitrogens is 4. The average molecular weight is 643 g/mol. The van der Waals surface area contributed by atoms with Crippen LogP contribution in [0.2, 0.25) is 0 Å². The van der Waals surface area contributed by atoms with Gasteiger partial charge in [0.1, 0.15) is 5.69 Å². The summed E-state index contributed by atoms with van der Waals surface area (Å²) in [6.07, 6.45) is 7.49. The van der Waals surface area contributed by atoms with Crippen LogP contribution in [-0.2, 0) is 19.6 Å². The minimum Gasteiger partial charge on any atom is -0.393 e. The number of aliphatic hydroxyl groups excluding tert-OH is 1. The summed E-state index contributed by atoms with van der Waals surface area (Å²) >= 11 is 0. The summed E-state index contributed by atoms with van der Waals surface area (Å²) in [5.41, 5.74) is 2.15. The molecule has 5 rings (SSSR count). The van der Waals surface area contributed by atoms with Crippen LogP contribution in [0.3, 0.4) is 0 Å². The number of morpholine rings is 1. The predicted octanol–water partition coefficient (Wildman–Crippen LogP) is 2.69. The summed E-state index contributed by atoms with van der Waals surface area (Å²) in [5, 5.41) is 21.9. The van der Waals surface area contributed by atoms with Gasteiger partial charge in [0.2, 0.25) is 21.9 Å². The summed E-state index contributed by atoms with van der Waals surface area (Å²) < 4.78 is 35.8. The van der Waals surface area contributed by atoms with E-state index in [-0.39, 0.29) is 35.9 Å². The van der Waals surface area contributed by atoms with E-state index >= 15 is 0 Å². The van der Waals surface area contributed by atoms with Crippen molar-refractivity contribution in [3.05, 3.63) is 30.5 Å². The average Bonchev–Trinajstić information content (AvgIpc) is 3.43. The number of anilines is 1. The van der Waals surface area contributed by atoms with Crippen molar-refractivity contribution in [2.75, 3.05) is 57.8 Å². The molecule has 1 amide bonds. The fourth-order valence-electron chi connectivity index (χ4n) is 5.77. The quantitative estimate of drug-likeness (QED) is 0.181. The molecule has 13 nitrogen and oxygen atoms in total. The number of hydrogen-bond acceptors (Lipinski definition) is 10. The van der Waals surface area contributed by atoms with Crippen LogP contribution in [0.15, 0.2) is 35.4 Å². The molecule has 3 aromatic rings. The largest absolute Gasteiger partial charge is 0.393 e. The summed E-state index contributed by atoms with van der Waals surface area (Å²) in [6.45, 7) is 7.69. The standard InChI is InChI=1S/C31H46N8O5S/c1-2-3-14-33-31-34-22-27-29(37-39(30(27)36-31)24-7-9-25(40)10-8-24)23-5-11-26(12-6-23)45(42,43)35-16-13-28(41)32-15-4-17-38-18-20-44-21-19-38/h5-6,11-12,22,24-25,35,40H,2-4,7-10,13-21H2,1H3,(H,32,41)(H,33,34,36). The van der Waals surface area contributed by atoms with Crippen LogP contribution in [0, 0.1) is 0 Å². The van der Waals surface area contributed by atoms with Crippen molar-refractivity contribution >= 4 is 32.9 Å².